The van der Waals surface area contributed by atoms with Crippen molar-refractivity contribution in [3.8, 4) is 0 Å². The van der Waals surface area contributed by atoms with Gasteiger partial charge in [0.1, 0.15) is 12.7 Å². The summed E-state index contributed by atoms with van der Waals surface area (Å²) in [6.45, 7) is 0.370. The van der Waals surface area contributed by atoms with E-state index in [1.165, 1.54) is 0 Å². The number of hydrogen-bond acceptors (Lipinski definition) is 3. The van der Waals surface area contributed by atoms with Gasteiger partial charge in [-0.05, 0) is 0 Å². The van der Waals surface area contributed by atoms with Crippen LogP contribution in [-0.2, 0) is 4.74 Å². The lowest BCUT2D eigenvalue weighted by atomic mass is 10.1. The van der Waals surface area contributed by atoms with Crippen molar-refractivity contribution in [3.05, 3.63) is 0 Å². The summed E-state index contributed by atoms with van der Waals surface area (Å²) in [5, 5.41) is 24.9. The second kappa shape index (κ2) is 2.62. The maximum absolute atomic E-state index is 8.93. The van der Waals surface area contributed by atoms with E-state index in [0.29, 0.717) is 0 Å². The standard InChI is InChI=1S/C5H10O4/c6-3-1-9-2-4(7)5(3)8/h3-8H,1-2H2/p+1/t3-,4+,5+. The van der Waals surface area contributed by atoms with Crippen molar-refractivity contribution >= 4 is 0 Å². The van der Waals surface area contributed by atoms with Crippen LogP contribution in [0.4, 0.5) is 0 Å². The molecule has 1 fully saturated rings. The Hall–Kier alpha value is -0.160. The molecule has 1 heterocycles. The Balaban J connectivity index is 2.41. The summed E-state index contributed by atoms with van der Waals surface area (Å²) in [5.74, 6) is 0. The molecule has 0 bridgehead atoms. The zero-order valence-corrected chi connectivity index (χ0v) is 4.95. The van der Waals surface area contributed by atoms with Gasteiger partial charge in [-0.2, -0.15) is 0 Å². The molecule has 0 amide bonds. The summed E-state index contributed by atoms with van der Waals surface area (Å²) in [4.78, 5) is 0. The minimum absolute atomic E-state index is 0.149. The van der Waals surface area contributed by atoms with Crippen LogP contribution in [0, 0.1) is 0 Å². The van der Waals surface area contributed by atoms with Crippen LogP contribution in [-0.4, -0.2) is 46.8 Å². The highest BCUT2D eigenvalue weighted by Crippen LogP contribution is 2.07. The SMILES string of the molecule is O[C@H]1[C@H](O)COC[C@@H]1[OH2+]. The summed E-state index contributed by atoms with van der Waals surface area (Å²) in [6, 6.07) is 0. The van der Waals surface area contributed by atoms with Crippen LogP contribution in [0.1, 0.15) is 0 Å². The minimum atomic E-state index is -0.932. The second-order valence-electron chi connectivity index (χ2n) is 2.20. The van der Waals surface area contributed by atoms with Gasteiger partial charge >= 0.3 is 0 Å². The number of aliphatic hydroxyl groups excluding tert-OH is 2. The average Bonchev–Trinajstić information content (AvgIpc) is 1.83. The summed E-state index contributed by atoms with van der Waals surface area (Å²) in [7, 11) is 0. The molecule has 54 valence electrons. The van der Waals surface area contributed by atoms with Gasteiger partial charge in [-0.1, -0.05) is 0 Å². The molecule has 4 N–H and O–H groups in total. The molecule has 0 unspecified atom stereocenters. The highest BCUT2D eigenvalue weighted by atomic mass is 16.5. The predicted octanol–water partition coefficient (Wildman–Crippen LogP) is -2.17. The smallest absolute Gasteiger partial charge is 0.206 e. The van der Waals surface area contributed by atoms with Crippen molar-refractivity contribution in [1.29, 1.82) is 0 Å². The van der Waals surface area contributed by atoms with Crippen LogP contribution in [0.5, 0.6) is 0 Å². The van der Waals surface area contributed by atoms with E-state index >= 15 is 0 Å². The zero-order valence-electron chi connectivity index (χ0n) is 4.95. The van der Waals surface area contributed by atoms with Gasteiger partial charge in [-0.25, -0.2) is 0 Å². The molecule has 0 saturated carbocycles. The van der Waals surface area contributed by atoms with E-state index in [2.05, 4.69) is 0 Å². The van der Waals surface area contributed by atoms with E-state index in [4.69, 9.17) is 20.1 Å². The Morgan fingerprint density at radius 1 is 1.33 bits per heavy atom. The van der Waals surface area contributed by atoms with Crippen LogP contribution in [0.2, 0.25) is 0 Å². The van der Waals surface area contributed by atoms with Gasteiger partial charge in [0.2, 0.25) is 6.10 Å². The topological polar surface area (TPSA) is 72.6 Å². The first-order valence-electron chi connectivity index (χ1n) is 2.87. The van der Waals surface area contributed by atoms with Crippen LogP contribution < -0.4 is 0 Å². The molecule has 4 nitrogen and oxygen atoms in total. The van der Waals surface area contributed by atoms with Gasteiger partial charge in [-0.15, -0.1) is 0 Å². The Labute approximate surface area is 52.7 Å². The number of hydrogen-bond donors (Lipinski definition) is 2. The molecule has 0 spiro atoms. The van der Waals surface area contributed by atoms with Crippen molar-refractivity contribution in [2.45, 2.75) is 18.3 Å². The molecule has 4 heteroatoms. The van der Waals surface area contributed by atoms with E-state index in [1.54, 1.807) is 0 Å². The van der Waals surface area contributed by atoms with Crippen molar-refractivity contribution in [2.24, 2.45) is 0 Å². The summed E-state index contributed by atoms with van der Waals surface area (Å²) in [5.41, 5.74) is 0. The zero-order chi connectivity index (χ0) is 6.85. The molecular formula is C5H11O4+. The molecule has 1 aliphatic rings. The summed E-state index contributed by atoms with van der Waals surface area (Å²) >= 11 is 0. The summed E-state index contributed by atoms with van der Waals surface area (Å²) in [6.07, 6.45) is -2.49. The van der Waals surface area contributed by atoms with E-state index in [9.17, 15) is 0 Å². The van der Waals surface area contributed by atoms with Crippen LogP contribution >= 0.6 is 0 Å². The van der Waals surface area contributed by atoms with Crippen LogP contribution in [0.3, 0.4) is 0 Å². The maximum Gasteiger partial charge on any atom is 0.206 e. The number of rotatable bonds is 0. The third kappa shape index (κ3) is 1.40. The molecule has 1 saturated heterocycles. The predicted molar refractivity (Wildman–Crippen MR) is 30.2 cm³/mol. The Kier molecular flexibility index (Phi) is 2.02. The molecule has 9 heavy (non-hydrogen) atoms. The number of aliphatic hydroxyl groups is 2. The molecule has 3 atom stereocenters. The lowest BCUT2D eigenvalue weighted by Gasteiger charge is -2.24. The molecule has 0 aromatic rings. The minimum Gasteiger partial charge on any atom is -0.439 e. The Morgan fingerprint density at radius 3 is 2.44 bits per heavy atom. The Morgan fingerprint density at radius 2 is 2.00 bits per heavy atom. The summed E-state index contributed by atoms with van der Waals surface area (Å²) < 4.78 is 4.77. The first kappa shape index (κ1) is 6.95. The van der Waals surface area contributed by atoms with Gasteiger partial charge < -0.3 is 20.1 Å². The Bertz CT molecular complexity index is 85.0. The fraction of sp³-hybridized carbons (Fsp3) is 1.00. The van der Waals surface area contributed by atoms with Crippen molar-refractivity contribution in [2.75, 3.05) is 13.2 Å². The maximum atomic E-state index is 8.93. The van der Waals surface area contributed by atoms with E-state index in [-0.39, 0.29) is 13.2 Å². The highest BCUT2D eigenvalue weighted by Gasteiger charge is 2.32. The largest absolute Gasteiger partial charge is 0.439 e. The quantitative estimate of drug-likeness (QED) is 0.371. The van der Waals surface area contributed by atoms with Gasteiger partial charge in [-0.3, -0.25) is 0 Å². The highest BCUT2D eigenvalue weighted by molar-refractivity contribution is 4.78. The fourth-order valence-corrected chi connectivity index (χ4v) is 0.781. The molecule has 0 aromatic carbocycles. The molecule has 0 aliphatic carbocycles. The van der Waals surface area contributed by atoms with Gasteiger partial charge in [0.25, 0.3) is 0 Å². The number of ether oxygens (including phenoxy) is 1. The molecule has 1 rings (SSSR count). The van der Waals surface area contributed by atoms with Crippen LogP contribution in [0.25, 0.3) is 0 Å². The van der Waals surface area contributed by atoms with E-state index < -0.39 is 18.3 Å². The van der Waals surface area contributed by atoms with Gasteiger partial charge in [0.05, 0.1) is 6.61 Å². The normalized spacial score (nSPS) is 45.0. The average molecular weight is 135 g/mol. The fourth-order valence-electron chi connectivity index (χ4n) is 0.781. The van der Waals surface area contributed by atoms with Crippen molar-refractivity contribution in [3.63, 3.8) is 0 Å². The monoisotopic (exact) mass is 135 g/mol. The molecule has 1 aliphatic heterocycles. The molecule has 0 aromatic heterocycles. The van der Waals surface area contributed by atoms with Crippen molar-refractivity contribution in [1.82, 2.24) is 0 Å². The first-order valence-corrected chi connectivity index (χ1v) is 2.87. The molecular weight excluding hydrogens is 124 g/mol. The van der Waals surface area contributed by atoms with Gasteiger partial charge in [0.15, 0.2) is 6.10 Å². The van der Waals surface area contributed by atoms with Crippen molar-refractivity contribution < 1.29 is 20.1 Å². The molecule has 0 radical (unpaired) electrons. The second-order valence-corrected chi connectivity index (χ2v) is 2.20. The lowest BCUT2D eigenvalue weighted by molar-refractivity contribution is -0.150. The third-order valence-electron chi connectivity index (χ3n) is 1.39. The van der Waals surface area contributed by atoms with E-state index in [0.717, 1.165) is 0 Å². The van der Waals surface area contributed by atoms with E-state index in [1.807, 2.05) is 0 Å². The first-order chi connectivity index (χ1) is 4.22. The van der Waals surface area contributed by atoms with Crippen LogP contribution in [0.15, 0.2) is 0 Å². The van der Waals surface area contributed by atoms with Gasteiger partial charge in [0, 0.05) is 0 Å². The lowest BCUT2D eigenvalue weighted by Crippen LogP contribution is -2.47. The third-order valence-corrected chi connectivity index (χ3v) is 1.39.